The lowest BCUT2D eigenvalue weighted by molar-refractivity contribution is 0.349. The number of halogens is 1. The van der Waals surface area contributed by atoms with Gasteiger partial charge in [-0.2, -0.15) is 0 Å². The van der Waals surface area contributed by atoms with E-state index in [1.54, 1.807) is 0 Å². The summed E-state index contributed by atoms with van der Waals surface area (Å²) in [5.41, 5.74) is 2.25. The number of benzene rings is 1. The minimum atomic E-state index is 0.580. The van der Waals surface area contributed by atoms with Crippen molar-refractivity contribution in [3.63, 3.8) is 0 Å². The highest BCUT2D eigenvalue weighted by molar-refractivity contribution is 6.34. The quantitative estimate of drug-likeness (QED) is 0.873. The van der Waals surface area contributed by atoms with Crippen LogP contribution in [0.2, 0.25) is 5.02 Å². The summed E-state index contributed by atoms with van der Waals surface area (Å²) in [4.78, 5) is 2.08. The molecule has 0 heterocycles. The van der Waals surface area contributed by atoms with Crippen LogP contribution in [0.25, 0.3) is 0 Å². The van der Waals surface area contributed by atoms with E-state index in [1.165, 1.54) is 25.7 Å². The predicted octanol–water partition coefficient (Wildman–Crippen LogP) is 4.40. The van der Waals surface area contributed by atoms with Gasteiger partial charge in [0.2, 0.25) is 0 Å². The minimum Gasteiger partial charge on any atom is -0.380 e. The first kappa shape index (κ1) is 13.5. The molecular weight excluding hydrogens is 244 g/mol. The van der Waals surface area contributed by atoms with E-state index in [4.69, 9.17) is 11.6 Å². The van der Waals surface area contributed by atoms with Gasteiger partial charge in [-0.3, -0.25) is 0 Å². The molecule has 1 aliphatic carbocycles. The molecule has 0 amide bonds. The maximum Gasteiger partial charge on any atom is 0.0786 e. The topological polar surface area (TPSA) is 15.3 Å². The SMILES string of the molecule is CC1CCCCC1Nc1cccc(Cl)c1N(C)C. The van der Waals surface area contributed by atoms with Crippen LogP contribution >= 0.6 is 11.6 Å². The molecule has 2 atom stereocenters. The van der Waals surface area contributed by atoms with Crippen molar-refractivity contribution >= 4 is 23.0 Å². The van der Waals surface area contributed by atoms with Gasteiger partial charge in [-0.1, -0.05) is 37.4 Å². The van der Waals surface area contributed by atoms with Crippen molar-refractivity contribution in [2.45, 2.75) is 38.6 Å². The van der Waals surface area contributed by atoms with Crippen molar-refractivity contribution in [2.75, 3.05) is 24.3 Å². The van der Waals surface area contributed by atoms with E-state index in [0.717, 1.165) is 22.3 Å². The zero-order valence-electron chi connectivity index (χ0n) is 11.5. The first-order valence-corrected chi connectivity index (χ1v) is 7.19. The highest BCUT2D eigenvalue weighted by Gasteiger charge is 2.22. The molecule has 0 aliphatic heterocycles. The lowest BCUT2D eigenvalue weighted by Gasteiger charge is -2.32. The van der Waals surface area contributed by atoms with Crippen LogP contribution in [0.15, 0.2) is 18.2 Å². The Bertz CT molecular complexity index is 403. The van der Waals surface area contributed by atoms with Gasteiger partial charge in [0.05, 0.1) is 16.4 Å². The van der Waals surface area contributed by atoms with Gasteiger partial charge in [0.1, 0.15) is 0 Å². The van der Waals surface area contributed by atoms with E-state index in [-0.39, 0.29) is 0 Å². The van der Waals surface area contributed by atoms with Gasteiger partial charge in [-0.05, 0) is 30.9 Å². The summed E-state index contributed by atoms with van der Waals surface area (Å²) < 4.78 is 0. The molecule has 2 nitrogen and oxygen atoms in total. The number of hydrogen-bond donors (Lipinski definition) is 1. The molecule has 100 valence electrons. The number of nitrogens with one attached hydrogen (secondary N) is 1. The summed E-state index contributed by atoms with van der Waals surface area (Å²) in [6, 6.07) is 6.68. The van der Waals surface area contributed by atoms with Crippen molar-refractivity contribution in [1.29, 1.82) is 0 Å². The van der Waals surface area contributed by atoms with E-state index < -0.39 is 0 Å². The summed E-state index contributed by atoms with van der Waals surface area (Å²) in [5.74, 6) is 0.743. The zero-order valence-corrected chi connectivity index (χ0v) is 12.3. The standard InChI is InChI=1S/C15H23ClN2/c1-11-7-4-5-9-13(11)17-14-10-6-8-12(16)15(14)18(2)3/h6,8,10-11,13,17H,4-5,7,9H2,1-3H3. The second-order valence-corrected chi connectivity index (χ2v) is 5.95. The Balaban J connectivity index is 2.20. The fourth-order valence-electron chi connectivity index (χ4n) is 2.82. The molecule has 0 spiro atoms. The molecule has 18 heavy (non-hydrogen) atoms. The monoisotopic (exact) mass is 266 g/mol. The molecule has 0 radical (unpaired) electrons. The molecule has 2 rings (SSSR count). The Hall–Kier alpha value is -0.890. The van der Waals surface area contributed by atoms with Gasteiger partial charge in [-0.15, -0.1) is 0 Å². The molecule has 1 N–H and O–H groups in total. The van der Waals surface area contributed by atoms with E-state index in [0.29, 0.717) is 6.04 Å². The zero-order chi connectivity index (χ0) is 13.1. The van der Waals surface area contributed by atoms with E-state index in [9.17, 15) is 0 Å². The number of rotatable bonds is 3. The maximum absolute atomic E-state index is 6.30. The van der Waals surface area contributed by atoms with Gasteiger partial charge >= 0.3 is 0 Å². The molecule has 3 heteroatoms. The summed E-state index contributed by atoms with van der Waals surface area (Å²) in [5, 5.41) is 4.51. The van der Waals surface area contributed by atoms with Crippen LogP contribution in [0.1, 0.15) is 32.6 Å². The van der Waals surface area contributed by atoms with Crippen LogP contribution in [0, 0.1) is 5.92 Å². The predicted molar refractivity (Wildman–Crippen MR) is 80.8 cm³/mol. The van der Waals surface area contributed by atoms with Crippen LogP contribution in [-0.4, -0.2) is 20.1 Å². The molecule has 0 bridgehead atoms. The fraction of sp³-hybridized carbons (Fsp3) is 0.600. The first-order chi connectivity index (χ1) is 8.59. The van der Waals surface area contributed by atoms with Gasteiger partial charge < -0.3 is 10.2 Å². The van der Waals surface area contributed by atoms with Crippen LogP contribution in [-0.2, 0) is 0 Å². The fourth-order valence-corrected chi connectivity index (χ4v) is 3.16. The second-order valence-electron chi connectivity index (χ2n) is 5.54. The Morgan fingerprint density at radius 1 is 1.22 bits per heavy atom. The van der Waals surface area contributed by atoms with Crippen LogP contribution in [0.4, 0.5) is 11.4 Å². The third-order valence-electron chi connectivity index (χ3n) is 3.89. The lowest BCUT2D eigenvalue weighted by Crippen LogP contribution is -2.31. The van der Waals surface area contributed by atoms with Crippen LogP contribution in [0.3, 0.4) is 0 Å². The van der Waals surface area contributed by atoms with Crippen molar-refractivity contribution in [3.05, 3.63) is 23.2 Å². The molecule has 1 saturated carbocycles. The smallest absolute Gasteiger partial charge is 0.0786 e. The summed E-state index contributed by atoms with van der Waals surface area (Å²) >= 11 is 6.30. The Morgan fingerprint density at radius 2 is 1.94 bits per heavy atom. The van der Waals surface area contributed by atoms with E-state index in [2.05, 4.69) is 23.2 Å². The molecule has 1 fully saturated rings. The van der Waals surface area contributed by atoms with Crippen LogP contribution in [0.5, 0.6) is 0 Å². The molecule has 1 aromatic carbocycles. The first-order valence-electron chi connectivity index (χ1n) is 6.82. The van der Waals surface area contributed by atoms with E-state index in [1.807, 2.05) is 26.2 Å². The third kappa shape index (κ3) is 2.92. The summed E-state index contributed by atoms with van der Waals surface area (Å²) in [6.07, 6.45) is 5.30. The molecule has 1 aliphatic rings. The Labute approximate surface area is 115 Å². The van der Waals surface area contributed by atoms with Crippen molar-refractivity contribution in [1.82, 2.24) is 0 Å². The highest BCUT2D eigenvalue weighted by Crippen LogP contribution is 2.35. The van der Waals surface area contributed by atoms with Gasteiger partial charge in [-0.25, -0.2) is 0 Å². The lowest BCUT2D eigenvalue weighted by atomic mass is 9.86. The molecule has 0 saturated heterocycles. The number of para-hydroxylation sites is 1. The highest BCUT2D eigenvalue weighted by atomic mass is 35.5. The molecule has 2 unspecified atom stereocenters. The number of anilines is 2. The summed E-state index contributed by atoms with van der Waals surface area (Å²) in [7, 11) is 4.08. The minimum absolute atomic E-state index is 0.580. The normalized spacial score (nSPS) is 23.8. The molecule has 0 aromatic heterocycles. The molecule has 1 aromatic rings. The van der Waals surface area contributed by atoms with Crippen molar-refractivity contribution in [3.8, 4) is 0 Å². The van der Waals surface area contributed by atoms with Gasteiger partial charge in [0, 0.05) is 20.1 Å². The Kier molecular flexibility index (Phi) is 4.39. The molecular formula is C15H23ClN2. The van der Waals surface area contributed by atoms with E-state index >= 15 is 0 Å². The van der Waals surface area contributed by atoms with Gasteiger partial charge in [0.15, 0.2) is 0 Å². The number of hydrogen-bond acceptors (Lipinski definition) is 2. The second kappa shape index (κ2) is 5.83. The largest absolute Gasteiger partial charge is 0.380 e. The van der Waals surface area contributed by atoms with Gasteiger partial charge in [0.25, 0.3) is 0 Å². The Morgan fingerprint density at radius 3 is 2.61 bits per heavy atom. The average molecular weight is 267 g/mol. The third-order valence-corrected chi connectivity index (χ3v) is 4.19. The summed E-state index contributed by atoms with van der Waals surface area (Å²) in [6.45, 7) is 2.34. The average Bonchev–Trinajstić information content (AvgIpc) is 2.31. The van der Waals surface area contributed by atoms with Crippen LogP contribution < -0.4 is 10.2 Å². The van der Waals surface area contributed by atoms with Crippen molar-refractivity contribution < 1.29 is 0 Å². The number of nitrogens with zero attached hydrogens (tertiary/aromatic N) is 1. The maximum atomic E-state index is 6.30. The van der Waals surface area contributed by atoms with Crippen molar-refractivity contribution in [2.24, 2.45) is 5.92 Å².